The molecular weight excluding hydrogens is 322 g/mol. The molecule has 3 aromatic rings. The molecular formula is C23H25NO2. The van der Waals surface area contributed by atoms with Crippen molar-refractivity contribution in [2.45, 2.75) is 39.8 Å². The van der Waals surface area contributed by atoms with E-state index in [9.17, 15) is 4.79 Å². The lowest BCUT2D eigenvalue weighted by atomic mass is 10.1. The number of fused-ring (bicyclic) bond motifs is 1. The van der Waals surface area contributed by atoms with Gasteiger partial charge in [-0.25, -0.2) is 0 Å². The summed E-state index contributed by atoms with van der Waals surface area (Å²) in [5.74, 6) is 0.694. The zero-order valence-corrected chi connectivity index (χ0v) is 15.6. The molecule has 0 radical (unpaired) electrons. The predicted molar refractivity (Wildman–Crippen MR) is 106 cm³/mol. The molecule has 1 amide bonds. The maximum absolute atomic E-state index is 12.6. The quantitative estimate of drug-likeness (QED) is 0.686. The molecule has 0 bridgehead atoms. The molecule has 0 aliphatic rings. The third-order valence-electron chi connectivity index (χ3n) is 4.56. The van der Waals surface area contributed by atoms with Gasteiger partial charge in [0.25, 0.3) is 5.91 Å². The molecule has 3 heteroatoms. The van der Waals surface area contributed by atoms with Gasteiger partial charge in [-0.05, 0) is 59.9 Å². The minimum atomic E-state index is -0.490. The number of aryl methyl sites for hydroxylation is 2. The highest BCUT2D eigenvalue weighted by atomic mass is 16.5. The minimum Gasteiger partial charge on any atom is -0.480 e. The highest BCUT2D eigenvalue weighted by molar-refractivity contribution is 5.84. The number of rotatable bonds is 6. The van der Waals surface area contributed by atoms with Gasteiger partial charge in [0.15, 0.2) is 6.10 Å². The summed E-state index contributed by atoms with van der Waals surface area (Å²) in [5, 5.41) is 5.38. The summed E-state index contributed by atoms with van der Waals surface area (Å²) in [6.07, 6.45) is 0.132. The number of amides is 1. The lowest BCUT2D eigenvalue weighted by molar-refractivity contribution is -0.128. The van der Waals surface area contributed by atoms with Crippen molar-refractivity contribution in [3.63, 3.8) is 0 Å². The second kappa shape index (κ2) is 8.05. The first kappa shape index (κ1) is 18.0. The molecule has 0 spiro atoms. The fourth-order valence-electron chi connectivity index (χ4n) is 2.96. The van der Waals surface area contributed by atoms with Crippen molar-refractivity contribution >= 4 is 16.7 Å². The summed E-state index contributed by atoms with van der Waals surface area (Å²) in [4.78, 5) is 12.6. The Labute approximate surface area is 155 Å². The van der Waals surface area contributed by atoms with E-state index >= 15 is 0 Å². The molecule has 0 saturated carbocycles. The van der Waals surface area contributed by atoms with Crippen LogP contribution in [0.2, 0.25) is 0 Å². The highest BCUT2D eigenvalue weighted by Gasteiger charge is 2.19. The Morgan fingerprint density at radius 3 is 2.54 bits per heavy atom. The lowest BCUT2D eigenvalue weighted by Crippen LogP contribution is -2.37. The van der Waals surface area contributed by atoms with E-state index in [0.29, 0.717) is 13.0 Å². The summed E-state index contributed by atoms with van der Waals surface area (Å²) in [6, 6.07) is 20.5. The molecule has 26 heavy (non-hydrogen) atoms. The van der Waals surface area contributed by atoms with E-state index in [0.717, 1.165) is 22.4 Å². The minimum absolute atomic E-state index is 0.0819. The summed E-state index contributed by atoms with van der Waals surface area (Å²) in [6.45, 7) is 6.48. The molecule has 3 nitrogen and oxygen atoms in total. The normalized spacial score (nSPS) is 12.0. The number of carbonyl (C=O) groups is 1. The monoisotopic (exact) mass is 347 g/mol. The van der Waals surface area contributed by atoms with Crippen LogP contribution in [0.15, 0.2) is 60.7 Å². The number of nitrogens with one attached hydrogen (secondary N) is 1. The Morgan fingerprint density at radius 1 is 1.00 bits per heavy atom. The van der Waals surface area contributed by atoms with Gasteiger partial charge in [0.1, 0.15) is 5.75 Å². The van der Waals surface area contributed by atoms with Gasteiger partial charge in [-0.1, -0.05) is 55.5 Å². The SMILES string of the molecule is CC[C@H](Oc1cc(C)ccc1C)C(=O)NCc1ccc2ccccc2c1. The van der Waals surface area contributed by atoms with E-state index in [-0.39, 0.29) is 5.91 Å². The van der Waals surface area contributed by atoms with E-state index in [1.807, 2.05) is 51.1 Å². The third kappa shape index (κ3) is 4.23. The second-order valence-electron chi connectivity index (χ2n) is 6.68. The Hall–Kier alpha value is -2.81. The standard InChI is InChI=1S/C23H25NO2/c1-4-21(26-22-13-16(2)9-10-17(22)3)23(25)24-15-18-11-12-19-7-5-6-8-20(19)14-18/h5-14,21H,4,15H2,1-3H3,(H,24,25)/t21-/m0/s1. The molecule has 3 rings (SSSR count). The van der Waals surface area contributed by atoms with E-state index in [1.165, 1.54) is 10.8 Å². The molecule has 0 aromatic heterocycles. The van der Waals surface area contributed by atoms with Gasteiger partial charge in [0, 0.05) is 6.54 Å². The van der Waals surface area contributed by atoms with Gasteiger partial charge in [-0.2, -0.15) is 0 Å². The number of hydrogen-bond acceptors (Lipinski definition) is 2. The molecule has 0 aliphatic heterocycles. The lowest BCUT2D eigenvalue weighted by Gasteiger charge is -2.19. The number of benzene rings is 3. The number of ether oxygens (including phenoxy) is 1. The van der Waals surface area contributed by atoms with Crippen molar-refractivity contribution < 1.29 is 9.53 Å². The molecule has 0 aliphatic carbocycles. The van der Waals surface area contributed by atoms with Gasteiger partial charge < -0.3 is 10.1 Å². The molecule has 3 aromatic carbocycles. The average Bonchev–Trinajstić information content (AvgIpc) is 2.66. The van der Waals surface area contributed by atoms with Crippen LogP contribution in [0, 0.1) is 13.8 Å². The smallest absolute Gasteiger partial charge is 0.261 e. The maximum atomic E-state index is 12.6. The fraction of sp³-hybridized carbons (Fsp3) is 0.261. The second-order valence-corrected chi connectivity index (χ2v) is 6.68. The van der Waals surface area contributed by atoms with Gasteiger partial charge in [0.2, 0.25) is 0 Å². The predicted octanol–water partition coefficient (Wildman–Crippen LogP) is 4.93. The molecule has 0 saturated heterocycles. The van der Waals surface area contributed by atoms with Crippen molar-refractivity contribution in [2.24, 2.45) is 0 Å². The van der Waals surface area contributed by atoms with Gasteiger partial charge >= 0.3 is 0 Å². The van der Waals surface area contributed by atoms with Crippen LogP contribution in [-0.4, -0.2) is 12.0 Å². The van der Waals surface area contributed by atoms with Gasteiger partial charge in [-0.15, -0.1) is 0 Å². The molecule has 1 N–H and O–H groups in total. The average molecular weight is 347 g/mol. The van der Waals surface area contributed by atoms with Gasteiger partial charge in [0.05, 0.1) is 0 Å². The number of carbonyl (C=O) groups excluding carboxylic acids is 1. The molecule has 0 unspecified atom stereocenters. The Bertz CT molecular complexity index is 917. The Balaban J connectivity index is 1.65. The first-order valence-corrected chi connectivity index (χ1v) is 9.06. The van der Waals surface area contributed by atoms with E-state index < -0.39 is 6.10 Å². The van der Waals surface area contributed by atoms with Crippen LogP contribution in [0.25, 0.3) is 10.8 Å². The van der Waals surface area contributed by atoms with Crippen LogP contribution >= 0.6 is 0 Å². The zero-order chi connectivity index (χ0) is 18.5. The Kier molecular flexibility index (Phi) is 5.57. The Morgan fingerprint density at radius 2 is 1.77 bits per heavy atom. The van der Waals surface area contributed by atoms with Crippen LogP contribution < -0.4 is 10.1 Å². The third-order valence-corrected chi connectivity index (χ3v) is 4.56. The maximum Gasteiger partial charge on any atom is 0.261 e. The first-order valence-electron chi connectivity index (χ1n) is 9.06. The topological polar surface area (TPSA) is 38.3 Å². The van der Waals surface area contributed by atoms with Crippen molar-refractivity contribution in [2.75, 3.05) is 0 Å². The van der Waals surface area contributed by atoms with Crippen LogP contribution in [0.1, 0.15) is 30.0 Å². The first-order chi connectivity index (χ1) is 12.6. The highest BCUT2D eigenvalue weighted by Crippen LogP contribution is 2.21. The molecule has 134 valence electrons. The van der Waals surface area contributed by atoms with Crippen LogP contribution in [0.3, 0.4) is 0 Å². The largest absolute Gasteiger partial charge is 0.480 e. The fourth-order valence-corrected chi connectivity index (χ4v) is 2.96. The molecule has 0 fully saturated rings. The summed E-state index contributed by atoms with van der Waals surface area (Å²) < 4.78 is 5.98. The zero-order valence-electron chi connectivity index (χ0n) is 15.6. The molecule has 1 atom stereocenters. The van der Waals surface area contributed by atoms with E-state index in [1.54, 1.807) is 0 Å². The van der Waals surface area contributed by atoms with E-state index in [2.05, 4.69) is 35.6 Å². The van der Waals surface area contributed by atoms with Crippen molar-refractivity contribution in [1.29, 1.82) is 0 Å². The summed E-state index contributed by atoms with van der Waals surface area (Å²) in [5.41, 5.74) is 3.24. The van der Waals surface area contributed by atoms with Crippen LogP contribution in [-0.2, 0) is 11.3 Å². The summed E-state index contributed by atoms with van der Waals surface area (Å²) >= 11 is 0. The van der Waals surface area contributed by atoms with Crippen LogP contribution in [0.5, 0.6) is 5.75 Å². The summed E-state index contributed by atoms with van der Waals surface area (Å²) in [7, 11) is 0. The van der Waals surface area contributed by atoms with Crippen molar-refractivity contribution in [3.8, 4) is 5.75 Å². The van der Waals surface area contributed by atoms with E-state index in [4.69, 9.17) is 4.74 Å². The number of hydrogen-bond donors (Lipinski definition) is 1. The van der Waals surface area contributed by atoms with Crippen molar-refractivity contribution in [1.82, 2.24) is 5.32 Å². The van der Waals surface area contributed by atoms with Crippen LogP contribution in [0.4, 0.5) is 0 Å². The van der Waals surface area contributed by atoms with Gasteiger partial charge in [-0.3, -0.25) is 4.79 Å². The van der Waals surface area contributed by atoms with Crippen molar-refractivity contribution in [3.05, 3.63) is 77.4 Å². The molecule has 0 heterocycles.